The summed E-state index contributed by atoms with van der Waals surface area (Å²) in [4.78, 5) is 26.2. The number of hydrogen-bond donors (Lipinski definition) is 1. The van der Waals surface area contributed by atoms with E-state index in [1.807, 2.05) is 18.2 Å². The molecular weight excluding hydrogens is 230 g/mol. The van der Waals surface area contributed by atoms with Crippen LogP contribution in [0.4, 0.5) is 5.69 Å². The first-order chi connectivity index (χ1) is 8.52. The highest BCUT2D eigenvalue weighted by molar-refractivity contribution is 6.00. The summed E-state index contributed by atoms with van der Waals surface area (Å²) in [6.45, 7) is 0.532. The maximum atomic E-state index is 11.6. The van der Waals surface area contributed by atoms with Gasteiger partial charge in [0.15, 0.2) is 0 Å². The number of carbonyl (C=O) groups is 2. The molecule has 0 radical (unpaired) electrons. The second kappa shape index (κ2) is 4.78. The zero-order valence-corrected chi connectivity index (χ0v) is 10.6. The second-order valence-corrected chi connectivity index (χ2v) is 4.55. The normalized spacial score (nSPS) is 13.7. The first-order valence-electron chi connectivity index (χ1n) is 5.85. The van der Waals surface area contributed by atoms with E-state index in [2.05, 4.69) is 0 Å². The number of fused-ring (bicyclic) bond motifs is 1. The Morgan fingerprint density at radius 2 is 2.22 bits per heavy atom. The molecule has 96 valence electrons. The summed E-state index contributed by atoms with van der Waals surface area (Å²) in [5.41, 5.74) is 8.30. The summed E-state index contributed by atoms with van der Waals surface area (Å²) in [7, 11) is 3.50. The first kappa shape index (κ1) is 12.6. The molecule has 0 atom stereocenters. The zero-order chi connectivity index (χ0) is 13.3. The number of rotatable bonds is 3. The van der Waals surface area contributed by atoms with Gasteiger partial charge in [-0.1, -0.05) is 12.1 Å². The maximum Gasteiger partial charge on any atom is 0.236 e. The Bertz CT molecular complexity index is 499. The standard InChI is InChI=1S/C13H17N3O2/c1-15(13(18)7-14)8-9-3-4-11-10(5-9)6-12(17)16(11)2/h3-5H,6-8,14H2,1-2H3. The fourth-order valence-corrected chi connectivity index (χ4v) is 2.14. The van der Waals surface area contributed by atoms with Crippen LogP contribution in [0.15, 0.2) is 18.2 Å². The quantitative estimate of drug-likeness (QED) is 0.825. The fourth-order valence-electron chi connectivity index (χ4n) is 2.14. The molecule has 0 spiro atoms. The van der Waals surface area contributed by atoms with Crippen molar-refractivity contribution in [3.05, 3.63) is 29.3 Å². The van der Waals surface area contributed by atoms with Crippen LogP contribution >= 0.6 is 0 Å². The largest absolute Gasteiger partial charge is 0.340 e. The summed E-state index contributed by atoms with van der Waals surface area (Å²) in [5.74, 6) is 0.0113. The van der Waals surface area contributed by atoms with Gasteiger partial charge in [-0.25, -0.2) is 0 Å². The van der Waals surface area contributed by atoms with Crippen molar-refractivity contribution in [2.75, 3.05) is 25.5 Å². The van der Waals surface area contributed by atoms with Gasteiger partial charge in [0.25, 0.3) is 0 Å². The van der Waals surface area contributed by atoms with Crippen molar-refractivity contribution in [3.8, 4) is 0 Å². The lowest BCUT2D eigenvalue weighted by Crippen LogP contribution is -2.32. The predicted molar refractivity (Wildman–Crippen MR) is 69.1 cm³/mol. The van der Waals surface area contributed by atoms with Gasteiger partial charge in [0.2, 0.25) is 11.8 Å². The van der Waals surface area contributed by atoms with Crippen molar-refractivity contribution in [3.63, 3.8) is 0 Å². The highest BCUT2D eigenvalue weighted by atomic mass is 16.2. The van der Waals surface area contributed by atoms with E-state index in [0.29, 0.717) is 13.0 Å². The molecule has 1 heterocycles. The molecule has 0 unspecified atom stereocenters. The molecule has 5 heteroatoms. The minimum atomic E-state index is -0.0938. The molecule has 2 rings (SSSR count). The highest BCUT2D eigenvalue weighted by Crippen LogP contribution is 2.28. The van der Waals surface area contributed by atoms with Crippen molar-refractivity contribution in [1.82, 2.24) is 4.90 Å². The van der Waals surface area contributed by atoms with Crippen LogP contribution in [0.2, 0.25) is 0 Å². The van der Waals surface area contributed by atoms with Gasteiger partial charge in [-0.05, 0) is 17.2 Å². The molecule has 1 aromatic carbocycles. The summed E-state index contributed by atoms with van der Waals surface area (Å²) >= 11 is 0. The predicted octanol–water partition coefficient (Wildman–Crippen LogP) is 0.123. The minimum Gasteiger partial charge on any atom is -0.340 e. The third kappa shape index (κ3) is 2.22. The van der Waals surface area contributed by atoms with E-state index in [4.69, 9.17) is 5.73 Å². The Morgan fingerprint density at radius 3 is 2.89 bits per heavy atom. The average molecular weight is 247 g/mol. The molecule has 0 saturated carbocycles. The number of carbonyl (C=O) groups excluding carboxylic acids is 2. The highest BCUT2D eigenvalue weighted by Gasteiger charge is 2.23. The van der Waals surface area contributed by atoms with Gasteiger partial charge in [0, 0.05) is 26.3 Å². The van der Waals surface area contributed by atoms with E-state index < -0.39 is 0 Å². The summed E-state index contributed by atoms with van der Waals surface area (Å²) in [5, 5.41) is 0. The van der Waals surface area contributed by atoms with Gasteiger partial charge in [0.1, 0.15) is 0 Å². The fraction of sp³-hybridized carbons (Fsp3) is 0.385. The lowest BCUT2D eigenvalue weighted by Gasteiger charge is -2.17. The number of nitrogens with two attached hydrogens (primary N) is 1. The lowest BCUT2D eigenvalue weighted by molar-refractivity contribution is -0.128. The van der Waals surface area contributed by atoms with Crippen LogP contribution in [-0.2, 0) is 22.6 Å². The first-order valence-corrected chi connectivity index (χ1v) is 5.85. The summed E-state index contributed by atoms with van der Waals surface area (Å²) < 4.78 is 0. The van der Waals surface area contributed by atoms with Crippen LogP contribution in [-0.4, -0.2) is 37.4 Å². The Balaban J connectivity index is 2.16. The number of likely N-dealkylation sites (N-methyl/N-ethyl adjacent to an activating group) is 2. The van der Waals surface area contributed by atoms with Crippen LogP contribution in [0.3, 0.4) is 0 Å². The molecule has 18 heavy (non-hydrogen) atoms. The van der Waals surface area contributed by atoms with E-state index in [-0.39, 0.29) is 18.4 Å². The molecule has 0 aromatic heterocycles. The monoisotopic (exact) mass is 247 g/mol. The van der Waals surface area contributed by atoms with E-state index in [1.54, 1.807) is 23.9 Å². The maximum absolute atomic E-state index is 11.6. The molecule has 1 aromatic rings. The molecular formula is C13H17N3O2. The van der Waals surface area contributed by atoms with Gasteiger partial charge < -0.3 is 15.5 Å². The number of amides is 2. The van der Waals surface area contributed by atoms with E-state index >= 15 is 0 Å². The average Bonchev–Trinajstić information content (AvgIpc) is 2.63. The Kier molecular flexibility index (Phi) is 3.34. The smallest absolute Gasteiger partial charge is 0.236 e. The van der Waals surface area contributed by atoms with Crippen molar-refractivity contribution in [2.24, 2.45) is 5.73 Å². The Morgan fingerprint density at radius 1 is 1.50 bits per heavy atom. The van der Waals surface area contributed by atoms with Crippen LogP contribution in [0.5, 0.6) is 0 Å². The van der Waals surface area contributed by atoms with Crippen molar-refractivity contribution in [1.29, 1.82) is 0 Å². The summed E-state index contributed by atoms with van der Waals surface area (Å²) in [6, 6.07) is 5.85. The third-order valence-corrected chi connectivity index (χ3v) is 3.24. The second-order valence-electron chi connectivity index (χ2n) is 4.55. The number of hydrogen-bond acceptors (Lipinski definition) is 3. The molecule has 1 aliphatic rings. The molecule has 0 saturated heterocycles. The zero-order valence-electron chi connectivity index (χ0n) is 10.6. The van der Waals surface area contributed by atoms with E-state index in [9.17, 15) is 9.59 Å². The van der Waals surface area contributed by atoms with Crippen LogP contribution in [0.1, 0.15) is 11.1 Å². The van der Waals surface area contributed by atoms with Crippen molar-refractivity contribution in [2.45, 2.75) is 13.0 Å². The number of anilines is 1. The van der Waals surface area contributed by atoms with Crippen LogP contribution in [0, 0.1) is 0 Å². The summed E-state index contributed by atoms with van der Waals surface area (Å²) in [6.07, 6.45) is 0.439. The van der Waals surface area contributed by atoms with Gasteiger partial charge in [-0.15, -0.1) is 0 Å². The minimum absolute atomic E-state index is 0.0165. The molecule has 1 aliphatic heterocycles. The Labute approximate surface area is 106 Å². The topological polar surface area (TPSA) is 66.6 Å². The van der Waals surface area contributed by atoms with Crippen LogP contribution < -0.4 is 10.6 Å². The van der Waals surface area contributed by atoms with Crippen LogP contribution in [0.25, 0.3) is 0 Å². The number of benzene rings is 1. The van der Waals surface area contributed by atoms with Gasteiger partial charge in [-0.2, -0.15) is 0 Å². The molecule has 5 nitrogen and oxygen atoms in total. The van der Waals surface area contributed by atoms with Gasteiger partial charge in [-0.3, -0.25) is 9.59 Å². The Hall–Kier alpha value is -1.88. The molecule has 2 N–H and O–H groups in total. The SMILES string of the molecule is CN(Cc1ccc2c(c1)CC(=O)N2C)C(=O)CN. The van der Waals surface area contributed by atoms with Crippen molar-refractivity contribution < 1.29 is 9.59 Å². The molecule has 2 amide bonds. The molecule has 0 fully saturated rings. The lowest BCUT2D eigenvalue weighted by atomic mass is 10.1. The van der Waals surface area contributed by atoms with E-state index in [1.165, 1.54) is 0 Å². The van der Waals surface area contributed by atoms with Gasteiger partial charge >= 0.3 is 0 Å². The van der Waals surface area contributed by atoms with E-state index in [0.717, 1.165) is 16.8 Å². The van der Waals surface area contributed by atoms with Crippen molar-refractivity contribution >= 4 is 17.5 Å². The van der Waals surface area contributed by atoms with Gasteiger partial charge in [0.05, 0.1) is 13.0 Å². The molecule has 0 aliphatic carbocycles. The third-order valence-electron chi connectivity index (χ3n) is 3.24. The molecule has 0 bridgehead atoms. The number of nitrogens with zero attached hydrogens (tertiary/aromatic N) is 2.